The smallest absolute Gasteiger partial charge is 0.0541 e. The van der Waals surface area contributed by atoms with Crippen LogP contribution >= 0.6 is 0 Å². The fourth-order valence-corrected chi connectivity index (χ4v) is 7.50. The predicted octanol–water partition coefficient (Wildman–Crippen LogP) is 11.5. The third-order valence-corrected chi connectivity index (χ3v) is 9.95. The lowest BCUT2D eigenvalue weighted by Gasteiger charge is -2.22. The van der Waals surface area contributed by atoms with Gasteiger partial charge in [0.15, 0.2) is 0 Å². The molecule has 2 aromatic heterocycles. The third-order valence-electron chi connectivity index (χ3n) is 9.95. The minimum absolute atomic E-state index is 0.101. The fourth-order valence-electron chi connectivity index (χ4n) is 7.50. The summed E-state index contributed by atoms with van der Waals surface area (Å²) >= 11 is 0. The molecule has 0 saturated carbocycles. The highest BCUT2D eigenvalue weighted by atomic mass is 15.0. The maximum absolute atomic E-state index is 4.15. The summed E-state index contributed by atoms with van der Waals surface area (Å²) in [7, 11) is 0. The summed E-state index contributed by atoms with van der Waals surface area (Å²) in [6.45, 7) is 4.73. The second kappa shape index (κ2) is 10.2. The number of hydrogen-bond acceptors (Lipinski definition) is 1. The second-order valence-electron chi connectivity index (χ2n) is 12.9. The van der Waals surface area contributed by atoms with Crippen molar-refractivity contribution in [3.63, 3.8) is 0 Å². The number of aromatic nitrogens is 2. The molecule has 2 heterocycles. The lowest BCUT2D eigenvalue weighted by Crippen LogP contribution is -2.15. The Morgan fingerprint density at radius 1 is 0.435 bits per heavy atom. The Bertz CT molecular complexity index is 2360. The summed E-state index contributed by atoms with van der Waals surface area (Å²) < 4.78 is 2.38. The van der Waals surface area contributed by atoms with Crippen LogP contribution in [0.25, 0.3) is 72.0 Å². The Balaban J connectivity index is 1.05. The maximum atomic E-state index is 4.15. The highest BCUT2D eigenvalue weighted by molar-refractivity contribution is 6.09. The van der Waals surface area contributed by atoms with Crippen molar-refractivity contribution in [2.24, 2.45) is 0 Å². The van der Waals surface area contributed by atoms with E-state index in [2.05, 4.69) is 169 Å². The van der Waals surface area contributed by atoms with Gasteiger partial charge in [0.2, 0.25) is 0 Å². The molecule has 0 aliphatic heterocycles. The highest BCUT2D eigenvalue weighted by Gasteiger charge is 2.35. The third kappa shape index (κ3) is 4.07. The van der Waals surface area contributed by atoms with E-state index in [-0.39, 0.29) is 5.41 Å². The summed E-state index contributed by atoms with van der Waals surface area (Å²) in [6, 6.07) is 53.4. The van der Waals surface area contributed by atoms with Gasteiger partial charge in [-0.05, 0) is 104 Å². The first kappa shape index (κ1) is 26.7. The van der Waals surface area contributed by atoms with E-state index in [0.717, 1.165) is 0 Å². The average molecular weight is 589 g/mol. The van der Waals surface area contributed by atoms with Crippen LogP contribution in [0.15, 0.2) is 158 Å². The lowest BCUT2D eigenvalue weighted by molar-refractivity contribution is 0.661. The van der Waals surface area contributed by atoms with Crippen LogP contribution in [0.2, 0.25) is 0 Å². The van der Waals surface area contributed by atoms with Gasteiger partial charge < -0.3 is 4.57 Å². The molecule has 9 rings (SSSR count). The molecule has 1 aliphatic carbocycles. The van der Waals surface area contributed by atoms with E-state index in [1.165, 1.54) is 83.1 Å². The fraction of sp³-hybridized carbons (Fsp3) is 0.0682. The van der Waals surface area contributed by atoms with Crippen LogP contribution < -0.4 is 0 Å². The van der Waals surface area contributed by atoms with Crippen LogP contribution in [-0.2, 0) is 5.41 Å². The molecule has 6 aromatic carbocycles. The molecule has 0 spiro atoms. The monoisotopic (exact) mass is 588 g/mol. The quantitative estimate of drug-likeness (QED) is 0.200. The van der Waals surface area contributed by atoms with E-state index in [1.54, 1.807) is 0 Å². The summed E-state index contributed by atoms with van der Waals surface area (Å²) in [6.07, 6.45) is 3.69. The van der Waals surface area contributed by atoms with Crippen LogP contribution in [0.1, 0.15) is 25.0 Å². The van der Waals surface area contributed by atoms with Crippen molar-refractivity contribution >= 4 is 21.8 Å². The van der Waals surface area contributed by atoms with Crippen molar-refractivity contribution < 1.29 is 0 Å². The number of hydrogen-bond donors (Lipinski definition) is 0. The first-order chi connectivity index (χ1) is 22.6. The number of fused-ring (bicyclic) bond motifs is 6. The SMILES string of the molecule is CC1(C)c2cc(-c3ccc(-c4ccncc4)cc3)ccc2-c2ccc(-c3ccc(-n4c5ccccc5c5ccccc54)cc3)cc21. The Labute approximate surface area is 269 Å². The first-order valence-electron chi connectivity index (χ1n) is 16.0. The molecule has 0 bridgehead atoms. The van der Waals surface area contributed by atoms with Crippen LogP contribution in [-0.4, -0.2) is 9.55 Å². The van der Waals surface area contributed by atoms with Crippen LogP contribution in [0.3, 0.4) is 0 Å². The van der Waals surface area contributed by atoms with Gasteiger partial charge in [0, 0.05) is 34.3 Å². The molecule has 2 heteroatoms. The van der Waals surface area contributed by atoms with Crippen LogP contribution in [0, 0.1) is 0 Å². The van der Waals surface area contributed by atoms with E-state index >= 15 is 0 Å². The molecule has 0 fully saturated rings. The molecule has 0 saturated heterocycles. The largest absolute Gasteiger partial charge is 0.309 e. The zero-order chi connectivity index (χ0) is 30.8. The Kier molecular flexibility index (Phi) is 5.88. The van der Waals surface area contributed by atoms with E-state index in [1.807, 2.05) is 12.4 Å². The molecule has 218 valence electrons. The molecule has 1 aliphatic rings. The highest BCUT2D eigenvalue weighted by Crippen LogP contribution is 2.50. The number of para-hydroxylation sites is 2. The van der Waals surface area contributed by atoms with Gasteiger partial charge in [-0.15, -0.1) is 0 Å². The van der Waals surface area contributed by atoms with E-state index in [9.17, 15) is 0 Å². The van der Waals surface area contributed by atoms with Gasteiger partial charge in [-0.3, -0.25) is 4.98 Å². The van der Waals surface area contributed by atoms with Crippen LogP contribution in [0.4, 0.5) is 0 Å². The summed E-state index contributed by atoms with van der Waals surface area (Å²) in [5, 5.41) is 2.57. The van der Waals surface area contributed by atoms with Crippen molar-refractivity contribution in [2.45, 2.75) is 19.3 Å². The van der Waals surface area contributed by atoms with E-state index in [0.29, 0.717) is 0 Å². The molecule has 0 N–H and O–H groups in total. The normalized spacial score (nSPS) is 13.2. The Morgan fingerprint density at radius 3 is 1.37 bits per heavy atom. The van der Waals surface area contributed by atoms with Gasteiger partial charge in [0.1, 0.15) is 0 Å². The zero-order valence-electron chi connectivity index (χ0n) is 25.9. The molecule has 2 nitrogen and oxygen atoms in total. The number of nitrogens with zero attached hydrogens (tertiary/aromatic N) is 2. The van der Waals surface area contributed by atoms with Crippen LogP contribution in [0.5, 0.6) is 0 Å². The van der Waals surface area contributed by atoms with Crippen molar-refractivity contribution in [1.82, 2.24) is 9.55 Å². The zero-order valence-corrected chi connectivity index (χ0v) is 25.9. The Hall–Kier alpha value is -5.73. The summed E-state index contributed by atoms with van der Waals surface area (Å²) in [5.74, 6) is 0. The topological polar surface area (TPSA) is 17.8 Å². The first-order valence-corrected chi connectivity index (χ1v) is 16.0. The average Bonchev–Trinajstić information content (AvgIpc) is 3.57. The van der Waals surface area contributed by atoms with E-state index in [4.69, 9.17) is 0 Å². The molecular formula is C44H32N2. The van der Waals surface area contributed by atoms with Crippen molar-refractivity contribution in [2.75, 3.05) is 0 Å². The lowest BCUT2D eigenvalue weighted by atomic mass is 9.81. The van der Waals surface area contributed by atoms with Gasteiger partial charge in [0.05, 0.1) is 11.0 Å². The van der Waals surface area contributed by atoms with Crippen molar-refractivity contribution in [1.29, 1.82) is 0 Å². The maximum Gasteiger partial charge on any atom is 0.0541 e. The summed E-state index contributed by atoms with van der Waals surface area (Å²) in [4.78, 5) is 4.15. The summed E-state index contributed by atoms with van der Waals surface area (Å²) in [5.41, 5.74) is 16.3. The van der Waals surface area contributed by atoms with Crippen molar-refractivity contribution in [3.8, 4) is 50.2 Å². The molecule has 0 unspecified atom stereocenters. The van der Waals surface area contributed by atoms with Gasteiger partial charge in [-0.1, -0.05) is 111 Å². The van der Waals surface area contributed by atoms with E-state index < -0.39 is 0 Å². The van der Waals surface area contributed by atoms with Crippen molar-refractivity contribution in [3.05, 3.63) is 169 Å². The molecule has 8 aromatic rings. The number of benzene rings is 6. The molecular weight excluding hydrogens is 556 g/mol. The standard InChI is InChI=1S/C44H32N2/c1-44(2)40-27-33(30-13-11-29(12-14-30)32-23-25-45-26-24-32)17-21-36(40)37-22-18-34(28-41(37)44)31-15-19-35(20-16-31)46-42-9-5-3-7-38(42)39-8-4-6-10-43(39)46/h3-28H,1-2H3. The molecule has 0 atom stereocenters. The number of rotatable bonds is 4. The minimum atomic E-state index is -0.101. The minimum Gasteiger partial charge on any atom is -0.309 e. The molecule has 46 heavy (non-hydrogen) atoms. The number of pyridine rings is 1. The second-order valence-corrected chi connectivity index (χ2v) is 12.9. The van der Waals surface area contributed by atoms with Gasteiger partial charge in [-0.2, -0.15) is 0 Å². The van der Waals surface area contributed by atoms with Gasteiger partial charge >= 0.3 is 0 Å². The molecule has 0 amide bonds. The Morgan fingerprint density at radius 2 is 0.848 bits per heavy atom. The molecule has 0 radical (unpaired) electrons. The van der Waals surface area contributed by atoms with Gasteiger partial charge in [-0.25, -0.2) is 0 Å². The van der Waals surface area contributed by atoms with Gasteiger partial charge in [0.25, 0.3) is 0 Å². The predicted molar refractivity (Wildman–Crippen MR) is 192 cm³/mol.